The van der Waals surface area contributed by atoms with Gasteiger partial charge in [-0.15, -0.1) is 0 Å². The average molecular weight is 440 g/mol. The Morgan fingerprint density at radius 3 is 2.59 bits per heavy atom. The summed E-state index contributed by atoms with van der Waals surface area (Å²) < 4.78 is 38.5. The molecule has 14 nitrogen and oxygen atoms in total. The molecule has 0 radical (unpaired) electrons. The Balaban J connectivity index is 1.74. The van der Waals surface area contributed by atoms with E-state index in [2.05, 4.69) is 20.1 Å². The first-order chi connectivity index (χ1) is 13.4. The van der Waals surface area contributed by atoms with Crippen LogP contribution in [-0.4, -0.2) is 78.3 Å². The fourth-order valence-corrected chi connectivity index (χ4v) is 2.92. The van der Waals surface area contributed by atoms with Gasteiger partial charge >= 0.3 is 22.5 Å². The zero-order chi connectivity index (χ0) is 21.8. The Bertz CT molecular complexity index is 737. The number of nitrogens with one attached hydrogen (secondary N) is 2. The number of urea groups is 1. The number of fused-ring (bicyclic) bond motifs is 2. The number of hydrogen-bond acceptors (Lipinski definition) is 9. The van der Waals surface area contributed by atoms with Crippen molar-refractivity contribution in [1.82, 2.24) is 20.8 Å². The van der Waals surface area contributed by atoms with E-state index >= 15 is 0 Å². The molecule has 29 heavy (non-hydrogen) atoms. The normalized spacial score (nSPS) is 21.9. The number of piperidine rings is 1. The molecule has 2 saturated heterocycles. The quantitative estimate of drug-likeness (QED) is 0.193. The zero-order valence-electron chi connectivity index (χ0n) is 16.1. The first kappa shape index (κ1) is 23.1. The number of alkyl carbamates (subject to hydrolysis) is 1. The minimum absolute atomic E-state index is 0.0360. The zero-order valence-corrected chi connectivity index (χ0v) is 16.9. The second-order valence-corrected chi connectivity index (χ2v) is 8.31. The van der Waals surface area contributed by atoms with Crippen molar-refractivity contribution in [2.45, 2.75) is 51.3 Å². The van der Waals surface area contributed by atoms with Gasteiger partial charge in [-0.3, -0.25) is 14.2 Å². The van der Waals surface area contributed by atoms with Crippen molar-refractivity contribution in [2.75, 3.05) is 19.7 Å². The van der Waals surface area contributed by atoms with Gasteiger partial charge in [0.15, 0.2) is 0 Å². The molecule has 0 unspecified atom stereocenters. The molecule has 15 heteroatoms. The van der Waals surface area contributed by atoms with E-state index in [0.29, 0.717) is 11.5 Å². The topological polar surface area (TPSA) is 173 Å². The van der Waals surface area contributed by atoms with Crippen molar-refractivity contribution in [1.29, 1.82) is 0 Å². The molecule has 2 aliphatic heterocycles. The first-order valence-electron chi connectivity index (χ1n) is 8.69. The summed E-state index contributed by atoms with van der Waals surface area (Å²) in [7, 11) is -4.90. The Morgan fingerprint density at radius 2 is 1.97 bits per heavy atom. The molecule has 2 bridgehead atoms. The molecule has 2 fully saturated rings. The third kappa shape index (κ3) is 6.97. The summed E-state index contributed by atoms with van der Waals surface area (Å²) in [5, 5.41) is 3.10. The van der Waals surface area contributed by atoms with Gasteiger partial charge in [0.2, 0.25) is 0 Å². The summed E-state index contributed by atoms with van der Waals surface area (Å²) in [5.74, 6) is -0.591. The van der Waals surface area contributed by atoms with Crippen LogP contribution in [0.25, 0.3) is 0 Å². The van der Waals surface area contributed by atoms with Gasteiger partial charge in [0.1, 0.15) is 11.6 Å². The Hall–Kier alpha value is -2.20. The van der Waals surface area contributed by atoms with E-state index in [9.17, 15) is 22.8 Å². The van der Waals surface area contributed by atoms with E-state index in [1.807, 2.05) is 0 Å². The number of hydroxylamine groups is 3. The Labute approximate surface area is 167 Å². The van der Waals surface area contributed by atoms with Crippen LogP contribution in [-0.2, 0) is 34.1 Å². The molecule has 0 aromatic carbocycles. The van der Waals surface area contributed by atoms with Gasteiger partial charge in [-0.1, -0.05) is 9.32 Å². The second-order valence-electron chi connectivity index (χ2n) is 7.32. The molecule has 0 spiro atoms. The summed E-state index contributed by atoms with van der Waals surface area (Å²) in [6.45, 7) is 5.31. The lowest BCUT2D eigenvalue weighted by Crippen LogP contribution is -2.50. The molecule has 2 rings (SSSR count). The summed E-state index contributed by atoms with van der Waals surface area (Å²) in [6, 6.07) is -2.19. The van der Waals surface area contributed by atoms with Gasteiger partial charge in [0.25, 0.3) is 5.91 Å². The fraction of sp³-hybridized carbons (Fsp3) is 0.786. The van der Waals surface area contributed by atoms with Gasteiger partial charge in [0.05, 0.1) is 12.6 Å². The van der Waals surface area contributed by atoms with Crippen LogP contribution in [0.3, 0.4) is 0 Å². The van der Waals surface area contributed by atoms with Gasteiger partial charge in [-0.05, 0) is 33.6 Å². The number of rotatable bonds is 8. The van der Waals surface area contributed by atoms with Gasteiger partial charge in [-0.2, -0.15) is 13.5 Å². The standard InChI is InChI=1S/C14H24N4O10S/c1-14(2,3)26-12(20)15-6-7-25-16-11(19)10-5-4-9-8-17(10)13(21)18(9)27-28-29(22,23)24/h9-10H,4-8H2,1-3H3,(H,15,20)(H,16,19)(H,22,23,24)/t9-,10+/m1/s1. The second kappa shape index (κ2) is 9.08. The molecule has 0 aromatic rings. The molecular weight excluding hydrogens is 416 g/mol. The van der Waals surface area contributed by atoms with Crippen LogP contribution in [0, 0.1) is 0 Å². The van der Waals surface area contributed by atoms with E-state index in [-0.39, 0.29) is 26.1 Å². The average Bonchev–Trinajstić information content (AvgIpc) is 2.81. The third-order valence-corrected chi connectivity index (χ3v) is 4.10. The highest BCUT2D eigenvalue weighted by Gasteiger charge is 2.49. The Kier molecular flexibility index (Phi) is 7.23. The van der Waals surface area contributed by atoms with Gasteiger partial charge in [-0.25, -0.2) is 15.1 Å². The van der Waals surface area contributed by atoms with Crippen LogP contribution in [0.15, 0.2) is 0 Å². The minimum atomic E-state index is -4.90. The van der Waals surface area contributed by atoms with Crippen LogP contribution in [0.4, 0.5) is 9.59 Å². The molecular formula is C14H24N4O10S. The maximum atomic E-state index is 12.3. The highest BCUT2D eigenvalue weighted by Crippen LogP contribution is 2.30. The number of nitrogens with zero attached hydrogens (tertiary/aromatic N) is 2. The minimum Gasteiger partial charge on any atom is -0.444 e. The lowest BCUT2D eigenvalue weighted by Gasteiger charge is -2.28. The van der Waals surface area contributed by atoms with E-state index in [1.165, 1.54) is 4.90 Å². The number of carbonyl (C=O) groups is 3. The number of carbonyl (C=O) groups excluding carboxylic acids is 3. The lowest BCUT2D eigenvalue weighted by atomic mass is 10.0. The van der Waals surface area contributed by atoms with E-state index in [4.69, 9.17) is 14.1 Å². The monoisotopic (exact) mass is 440 g/mol. The molecule has 4 amide bonds. The lowest BCUT2D eigenvalue weighted by molar-refractivity contribution is -0.349. The van der Waals surface area contributed by atoms with Crippen LogP contribution in [0.2, 0.25) is 0 Å². The van der Waals surface area contributed by atoms with E-state index in [1.54, 1.807) is 20.8 Å². The maximum absolute atomic E-state index is 12.3. The molecule has 2 aliphatic rings. The van der Waals surface area contributed by atoms with Gasteiger partial charge < -0.3 is 15.0 Å². The van der Waals surface area contributed by atoms with Crippen molar-refractivity contribution < 1.29 is 46.3 Å². The number of ether oxygens (including phenoxy) is 1. The van der Waals surface area contributed by atoms with E-state index < -0.39 is 46.1 Å². The summed E-state index contributed by atoms with van der Waals surface area (Å²) in [5.41, 5.74) is 1.56. The summed E-state index contributed by atoms with van der Waals surface area (Å²) >= 11 is 0. The Morgan fingerprint density at radius 1 is 1.28 bits per heavy atom. The molecule has 166 valence electrons. The molecule has 3 N–H and O–H groups in total. The van der Waals surface area contributed by atoms with Crippen molar-refractivity contribution in [3.8, 4) is 0 Å². The van der Waals surface area contributed by atoms with Crippen LogP contribution < -0.4 is 10.8 Å². The van der Waals surface area contributed by atoms with Crippen molar-refractivity contribution in [3.63, 3.8) is 0 Å². The van der Waals surface area contributed by atoms with Crippen molar-refractivity contribution >= 4 is 28.4 Å². The molecule has 2 atom stereocenters. The third-order valence-electron chi connectivity index (χ3n) is 3.87. The van der Waals surface area contributed by atoms with Crippen molar-refractivity contribution in [3.05, 3.63) is 0 Å². The highest BCUT2D eigenvalue weighted by molar-refractivity contribution is 7.80. The maximum Gasteiger partial charge on any atom is 0.425 e. The fourth-order valence-electron chi connectivity index (χ4n) is 2.78. The largest absolute Gasteiger partial charge is 0.444 e. The molecule has 2 heterocycles. The molecule has 0 aromatic heterocycles. The molecule has 0 saturated carbocycles. The predicted octanol–water partition coefficient (Wildman–Crippen LogP) is -0.506. The predicted molar refractivity (Wildman–Crippen MR) is 92.8 cm³/mol. The SMILES string of the molecule is CC(C)(C)OC(=O)NCCONC(=O)[C@@H]1CC[C@@H]2CN1C(=O)N2OOS(=O)(=O)O. The van der Waals surface area contributed by atoms with Crippen molar-refractivity contribution in [2.24, 2.45) is 0 Å². The summed E-state index contributed by atoms with van der Waals surface area (Å²) in [4.78, 5) is 46.6. The summed E-state index contributed by atoms with van der Waals surface area (Å²) in [6.07, 6.45) is -0.0244. The molecule has 0 aliphatic carbocycles. The van der Waals surface area contributed by atoms with E-state index in [0.717, 1.165) is 0 Å². The van der Waals surface area contributed by atoms with Crippen LogP contribution >= 0.6 is 0 Å². The first-order valence-corrected chi connectivity index (χ1v) is 10.1. The smallest absolute Gasteiger partial charge is 0.425 e. The van der Waals surface area contributed by atoms with Crippen LogP contribution in [0.1, 0.15) is 33.6 Å². The van der Waals surface area contributed by atoms with Gasteiger partial charge in [0, 0.05) is 13.1 Å². The van der Waals surface area contributed by atoms with Crippen LogP contribution in [0.5, 0.6) is 0 Å². The number of amides is 4. The highest BCUT2D eigenvalue weighted by atomic mass is 32.3. The number of hydrogen-bond donors (Lipinski definition) is 3.